The highest BCUT2D eigenvalue weighted by Crippen LogP contribution is 2.41. The second-order valence-corrected chi connectivity index (χ2v) is 7.95. The third kappa shape index (κ3) is 2.86. The Hall–Kier alpha value is -2.97. The topological polar surface area (TPSA) is 88.2 Å². The molecule has 3 heterocycles. The average Bonchev–Trinajstić information content (AvgIpc) is 3.40. The van der Waals surface area contributed by atoms with E-state index >= 15 is 0 Å². The van der Waals surface area contributed by atoms with Crippen molar-refractivity contribution in [1.82, 2.24) is 18.6 Å². The van der Waals surface area contributed by atoms with E-state index in [0.717, 1.165) is 50.5 Å². The number of amides is 1. The number of hydrogen-bond donors (Lipinski definition) is 1. The number of fused-ring (bicyclic) bond motifs is 4. The zero-order chi connectivity index (χ0) is 20.8. The smallest absolute Gasteiger partial charge is 0.328 e. The van der Waals surface area contributed by atoms with Gasteiger partial charge in [0.15, 0.2) is 0 Å². The lowest BCUT2D eigenvalue weighted by molar-refractivity contribution is -0.154. The van der Waals surface area contributed by atoms with Crippen LogP contribution in [0.5, 0.6) is 0 Å². The molecule has 2 aromatic heterocycles. The number of halogens is 1. The van der Waals surface area contributed by atoms with E-state index in [1.54, 1.807) is 0 Å². The molecule has 0 saturated heterocycles. The van der Waals surface area contributed by atoms with Crippen molar-refractivity contribution in [3.05, 3.63) is 59.3 Å². The van der Waals surface area contributed by atoms with E-state index in [4.69, 9.17) is 16.3 Å². The number of hydrogen-bond acceptors (Lipinski definition) is 6. The molecule has 4 aromatic rings. The SMILES string of the molecule is COC(=O)[C@H]1Cc2c([nH]c3ccccc23)[C@H](c2ccc3nsnc3c2)N1C(=O)CCl. The highest BCUT2D eigenvalue weighted by atomic mass is 35.5. The van der Waals surface area contributed by atoms with Gasteiger partial charge in [0.05, 0.1) is 24.9 Å². The Morgan fingerprint density at radius 3 is 2.83 bits per heavy atom. The number of benzene rings is 2. The summed E-state index contributed by atoms with van der Waals surface area (Å²) in [7, 11) is 1.33. The van der Waals surface area contributed by atoms with Gasteiger partial charge in [-0.3, -0.25) is 4.79 Å². The van der Waals surface area contributed by atoms with Crippen LogP contribution >= 0.6 is 23.3 Å². The lowest BCUT2D eigenvalue weighted by atomic mass is 9.87. The van der Waals surface area contributed by atoms with Crippen molar-refractivity contribution in [3.63, 3.8) is 0 Å². The first-order chi connectivity index (χ1) is 14.6. The fourth-order valence-corrected chi connectivity index (χ4v) is 4.96. The molecule has 1 aliphatic rings. The number of esters is 1. The molecule has 2 atom stereocenters. The van der Waals surface area contributed by atoms with Crippen molar-refractivity contribution in [3.8, 4) is 0 Å². The molecule has 0 aliphatic carbocycles. The molecule has 152 valence electrons. The first-order valence-corrected chi connectivity index (χ1v) is 10.7. The van der Waals surface area contributed by atoms with Gasteiger partial charge in [-0.05, 0) is 29.3 Å². The summed E-state index contributed by atoms with van der Waals surface area (Å²) in [5, 5.41) is 1.03. The Bertz CT molecular complexity index is 1280. The lowest BCUT2D eigenvalue weighted by Crippen LogP contribution is -2.52. The molecule has 5 rings (SSSR count). The highest BCUT2D eigenvalue weighted by molar-refractivity contribution is 7.00. The number of methoxy groups -OCH3 is 1. The van der Waals surface area contributed by atoms with Crippen molar-refractivity contribution in [2.24, 2.45) is 0 Å². The number of carbonyl (C=O) groups excluding carboxylic acids is 2. The van der Waals surface area contributed by atoms with Crippen LogP contribution in [-0.2, 0) is 20.7 Å². The van der Waals surface area contributed by atoms with Crippen LogP contribution in [0.2, 0.25) is 0 Å². The minimum atomic E-state index is -0.776. The molecule has 7 nitrogen and oxygen atoms in total. The maximum absolute atomic E-state index is 13.0. The van der Waals surface area contributed by atoms with E-state index in [1.807, 2.05) is 42.5 Å². The third-order valence-electron chi connectivity index (χ3n) is 5.60. The molecule has 0 spiro atoms. The number of ether oxygens (including phenoxy) is 1. The molecule has 9 heteroatoms. The van der Waals surface area contributed by atoms with Crippen molar-refractivity contribution in [1.29, 1.82) is 0 Å². The predicted octanol–water partition coefficient (Wildman–Crippen LogP) is 3.43. The number of nitrogens with zero attached hydrogens (tertiary/aromatic N) is 3. The lowest BCUT2D eigenvalue weighted by Gasteiger charge is -2.40. The van der Waals surface area contributed by atoms with E-state index < -0.39 is 18.1 Å². The van der Waals surface area contributed by atoms with Crippen LogP contribution in [0.15, 0.2) is 42.5 Å². The Labute approximate surface area is 180 Å². The monoisotopic (exact) mass is 440 g/mol. The molecule has 0 radical (unpaired) electrons. The summed E-state index contributed by atoms with van der Waals surface area (Å²) in [5.74, 6) is -1.04. The van der Waals surface area contributed by atoms with Gasteiger partial charge in [-0.25, -0.2) is 4.79 Å². The molecule has 0 saturated carbocycles. The Morgan fingerprint density at radius 1 is 1.23 bits per heavy atom. The molecule has 30 heavy (non-hydrogen) atoms. The summed E-state index contributed by atoms with van der Waals surface area (Å²) in [5.41, 5.74) is 5.19. The van der Waals surface area contributed by atoms with Crippen molar-refractivity contribution < 1.29 is 14.3 Å². The number of para-hydroxylation sites is 1. The van der Waals surface area contributed by atoms with Crippen molar-refractivity contribution in [2.75, 3.05) is 13.0 Å². The first kappa shape index (κ1) is 19.0. The standard InChI is InChI=1S/C21H17ClN4O3S/c1-29-21(28)17-9-13-12-4-2-3-5-14(12)23-19(13)20(26(17)18(27)10-22)11-6-7-15-16(8-11)25-30-24-15/h2-8,17,20,23H,9-10H2,1H3/t17-,20+/m1/s1. The molecule has 1 amide bonds. The van der Waals surface area contributed by atoms with E-state index in [1.165, 1.54) is 12.0 Å². The quantitative estimate of drug-likeness (QED) is 0.389. The number of H-pyrrole nitrogens is 1. The van der Waals surface area contributed by atoms with Gasteiger partial charge >= 0.3 is 5.97 Å². The minimum absolute atomic E-state index is 0.236. The molecule has 2 aromatic carbocycles. The Kier molecular flexibility index (Phi) is 4.67. The van der Waals surface area contributed by atoms with Gasteiger partial charge in [0.2, 0.25) is 5.91 Å². The van der Waals surface area contributed by atoms with Gasteiger partial charge in [-0.1, -0.05) is 24.3 Å². The number of nitrogens with one attached hydrogen (secondary N) is 1. The predicted molar refractivity (Wildman–Crippen MR) is 115 cm³/mol. The Morgan fingerprint density at radius 2 is 2.03 bits per heavy atom. The summed E-state index contributed by atoms with van der Waals surface area (Å²) in [6.45, 7) is 0. The van der Waals surface area contributed by atoms with E-state index in [2.05, 4.69) is 13.7 Å². The number of aromatic nitrogens is 3. The van der Waals surface area contributed by atoms with Crippen molar-refractivity contribution >= 4 is 57.1 Å². The number of carbonyl (C=O) groups is 2. The molecule has 0 fully saturated rings. The molecular formula is C21H17ClN4O3S. The van der Waals surface area contributed by atoms with Crippen LogP contribution in [0.4, 0.5) is 0 Å². The van der Waals surface area contributed by atoms with Crippen LogP contribution in [-0.4, -0.2) is 49.5 Å². The van der Waals surface area contributed by atoms with Gasteiger partial charge < -0.3 is 14.6 Å². The minimum Gasteiger partial charge on any atom is -0.467 e. The second kappa shape index (κ2) is 7.37. The first-order valence-electron chi connectivity index (χ1n) is 9.39. The van der Waals surface area contributed by atoms with Crippen LogP contribution < -0.4 is 0 Å². The second-order valence-electron chi connectivity index (χ2n) is 7.16. The number of rotatable bonds is 3. The number of aromatic amines is 1. The van der Waals surface area contributed by atoms with E-state index in [9.17, 15) is 9.59 Å². The zero-order valence-corrected chi connectivity index (χ0v) is 17.5. The van der Waals surface area contributed by atoms with Gasteiger partial charge in [0.1, 0.15) is 23.0 Å². The van der Waals surface area contributed by atoms with E-state index in [0.29, 0.717) is 6.42 Å². The summed E-state index contributed by atoms with van der Waals surface area (Å²) in [6, 6.07) is 12.3. The summed E-state index contributed by atoms with van der Waals surface area (Å²) < 4.78 is 13.6. The van der Waals surface area contributed by atoms with Gasteiger partial charge in [0.25, 0.3) is 0 Å². The van der Waals surface area contributed by atoms with Gasteiger partial charge in [-0.15, -0.1) is 11.6 Å². The molecule has 1 aliphatic heterocycles. The summed E-state index contributed by atoms with van der Waals surface area (Å²) in [4.78, 5) is 30.7. The fraction of sp³-hybridized carbons (Fsp3) is 0.238. The summed E-state index contributed by atoms with van der Waals surface area (Å²) in [6.07, 6.45) is 0.353. The average molecular weight is 441 g/mol. The maximum Gasteiger partial charge on any atom is 0.328 e. The Balaban J connectivity index is 1.78. The third-order valence-corrected chi connectivity index (χ3v) is 6.39. The van der Waals surface area contributed by atoms with Crippen molar-refractivity contribution in [2.45, 2.75) is 18.5 Å². The summed E-state index contributed by atoms with van der Waals surface area (Å²) >= 11 is 7.10. The van der Waals surface area contributed by atoms with Crippen LogP contribution in [0.1, 0.15) is 22.9 Å². The van der Waals surface area contributed by atoms with Crippen LogP contribution in [0.3, 0.4) is 0 Å². The van der Waals surface area contributed by atoms with Gasteiger partial charge in [-0.2, -0.15) is 8.75 Å². The van der Waals surface area contributed by atoms with Crippen LogP contribution in [0.25, 0.3) is 21.9 Å². The highest BCUT2D eigenvalue weighted by Gasteiger charge is 2.43. The number of alkyl halides is 1. The van der Waals surface area contributed by atoms with Gasteiger partial charge in [0, 0.05) is 23.0 Å². The maximum atomic E-state index is 13.0. The largest absolute Gasteiger partial charge is 0.467 e. The molecule has 0 unspecified atom stereocenters. The fourth-order valence-electron chi connectivity index (χ4n) is 4.30. The molecular weight excluding hydrogens is 424 g/mol. The van der Waals surface area contributed by atoms with Crippen LogP contribution in [0, 0.1) is 0 Å². The zero-order valence-electron chi connectivity index (χ0n) is 16.0. The molecule has 1 N–H and O–H groups in total. The normalized spacial score (nSPS) is 18.5. The van der Waals surface area contributed by atoms with E-state index in [-0.39, 0.29) is 11.8 Å². The molecule has 0 bridgehead atoms.